The average Bonchev–Trinajstić information content (AvgIpc) is 3.44. The van der Waals surface area contributed by atoms with Crippen molar-refractivity contribution < 1.29 is 23.8 Å². The highest BCUT2D eigenvalue weighted by Gasteiger charge is 2.26. The summed E-state index contributed by atoms with van der Waals surface area (Å²) in [5, 5.41) is 8.79. The maximum Gasteiger partial charge on any atom is 0.254 e. The Morgan fingerprint density at radius 1 is 0.973 bits per heavy atom. The zero-order valence-corrected chi connectivity index (χ0v) is 20.9. The number of nitrogens with zero attached hydrogens (tertiary/aromatic N) is 5. The van der Waals surface area contributed by atoms with Gasteiger partial charge in [-0.3, -0.25) is 9.59 Å². The number of carbonyl (C=O) groups is 2. The maximum atomic E-state index is 13.0. The molecule has 1 fully saturated rings. The molecule has 0 spiro atoms. The molecule has 0 saturated carbocycles. The quantitative estimate of drug-likeness (QED) is 0.486. The van der Waals surface area contributed by atoms with Crippen LogP contribution in [0, 0.1) is 0 Å². The van der Waals surface area contributed by atoms with E-state index in [9.17, 15) is 9.59 Å². The fourth-order valence-electron chi connectivity index (χ4n) is 4.42. The minimum Gasteiger partial charge on any atom is -0.497 e. The lowest BCUT2D eigenvalue weighted by atomic mass is 10.1. The van der Waals surface area contributed by atoms with E-state index in [-0.39, 0.29) is 25.2 Å². The van der Waals surface area contributed by atoms with Crippen LogP contribution in [0.2, 0.25) is 0 Å². The first-order valence-electron chi connectivity index (χ1n) is 12.3. The van der Waals surface area contributed by atoms with Crippen molar-refractivity contribution in [2.45, 2.75) is 6.92 Å². The van der Waals surface area contributed by atoms with Crippen LogP contribution in [0.4, 0.5) is 5.82 Å². The highest BCUT2D eigenvalue weighted by molar-refractivity contribution is 5.97. The molecule has 0 aliphatic carbocycles. The van der Waals surface area contributed by atoms with Crippen LogP contribution in [0.15, 0.2) is 54.6 Å². The van der Waals surface area contributed by atoms with Crippen LogP contribution in [-0.4, -0.2) is 85.0 Å². The molecule has 192 valence electrons. The molecule has 0 unspecified atom stereocenters. The van der Waals surface area contributed by atoms with Crippen molar-refractivity contribution in [3.05, 3.63) is 60.2 Å². The summed E-state index contributed by atoms with van der Waals surface area (Å²) in [6.45, 7) is 4.84. The third kappa shape index (κ3) is 5.28. The van der Waals surface area contributed by atoms with Gasteiger partial charge in [-0.05, 0) is 49.4 Å². The number of likely N-dealkylation sites (N-methyl/N-ethyl adjacent to an activating group) is 1. The average molecular weight is 504 g/mol. The van der Waals surface area contributed by atoms with Gasteiger partial charge in [0.05, 0.1) is 12.8 Å². The molecule has 37 heavy (non-hydrogen) atoms. The van der Waals surface area contributed by atoms with Crippen molar-refractivity contribution in [2.75, 3.05) is 58.1 Å². The largest absolute Gasteiger partial charge is 0.497 e. The number of piperazine rings is 1. The normalized spacial score (nSPS) is 14.4. The Morgan fingerprint density at radius 3 is 2.51 bits per heavy atom. The fourth-order valence-corrected chi connectivity index (χ4v) is 4.42. The molecule has 10 heteroatoms. The molecule has 3 heterocycles. The summed E-state index contributed by atoms with van der Waals surface area (Å²) in [6, 6.07) is 16.7. The van der Waals surface area contributed by atoms with Crippen LogP contribution >= 0.6 is 0 Å². The first-order chi connectivity index (χ1) is 18.1. The predicted molar refractivity (Wildman–Crippen MR) is 137 cm³/mol. The van der Waals surface area contributed by atoms with Gasteiger partial charge in [-0.15, -0.1) is 10.2 Å². The van der Waals surface area contributed by atoms with Crippen LogP contribution in [0.3, 0.4) is 0 Å². The molecule has 0 bridgehead atoms. The van der Waals surface area contributed by atoms with E-state index < -0.39 is 0 Å². The van der Waals surface area contributed by atoms with Gasteiger partial charge in [0.1, 0.15) is 12.3 Å². The minimum absolute atomic E-state index is 0.0266. The first-order valence-corrected chi connectivity index (χ1v) is 12.3. The van der Waals surface area contributed by atoms with E-state index >= 15 is 0 Å². The number of methoxy groups -OCH3 is 1. The number of hydrogen-bond donors (Lipinski definition) is 0. The number of benzene rings is 2. The van der Waals surface area contributed by atoms with E-state index in [0.29, 0.717) is 49.8 Å². The zero-order chi connectivity index (χ0) is 25.8. The lowest BCUT2D eigenvalue weighted by Crippen LogP contribution is -2.52. The SMILES string of the molecule is CCN(CC(=O)N1CCN(c2ccc(-c3cccc(OC)c3)nn2)CC1)C(=O)c1ccc2c(c1)OCO2. The highest BCUT2D eigenvalue weighted by Crippen LogP contribution is 2.32. The van der Waals surface area contributed by atoms with Gasteiger partial charge in [-0.1, -0.05) is 12.1 Å². The van der Waals surface area contributed by atoms with Crippen LogP contribution < -0.4 is 19.1 Å². The molecule has 2 aromatic carbocycles. The lowest BCUT2D eigenvalue weighted by molar-refractivity contribution is -0.132. The molecular weight excluding hydrogens is 474 g/mol. The second-order valence-electron chi connectivity index (χ2n) is 8.76. The molecule has 0 radical (unpaired) electrons. The smallest absolute Gasteiger partial charge is 0.254 e. The Labute approximate surface area is 215 Å². The molecular formula is C27H29N5O5. The second-order valence-corrected chi connectivity index (χ2v) is 8.76. The van der Waals surface area contributed by atoms with Crippen LogP contribution in [0.25, 0.3) is 11.3 Å². The lowest BCUT2D eigenvalue weighted by Gasteiger charge is -2.36. The Hall–Kier alpha value is -4.34. The first kappa shape index (κ1) is 24.4. The van der Waals surface area contributed by atoms with E-state index in [2.05, 4.69) is 15.1 Å². The monoisotopic (exact) mass is 503 g/mol. The van der Waals surface area contributed by atoms with Gasteiger partial charge >= 0.3 is 0 Å². The number of carbonyl (C=O) groups excluding carboxylic acids is 2. The van der Waals surface area contributed by atoms with E-state index in [4.69, 9.17) is 14.2 Å². The van der Waals surface area contributed by atoms with Crippen molar-refractivity contribution >= 4 is 17.6 Å². The van der Waals surface area contributed by atoms with Crippen molar-refractivity contribution in [3.8, 4) is 28.5 Å². The molecule has 0 N–H and O–H groups in total. The summed E-state index contributed by atoms with van der Waals surface area (Å²) >= 11 is 0. The van der Waals surface area contributed by atoms with Crippen molar-refractivity contribution in [1.29, 1.82) is 0 Å². The number of fused-ring (bicyclic) bond motifs is 1. The number of hydrogen-bond acceptors (Lipinski definition) is 8. The summed E-state index contributed by atoms with van der Waals surface area (Å²) in [5.41, 5.74) is 2.17. The van der Waals surface area contributed by atoms with Gasteiger partial charge in [0, 0.05) is 43.9 Å². The third-order valence-corrected chi connectivity index (χ3v) is 6.59. The van der Waals surface area contributed by atoms with Gasteiger partial charge in [0.25, 0.3) is 5.91 Å². The Kier molecular flexibility index (Phi) is 7.07. The third-order valence-electron chi connectivity index (χ3n) is 6.59. The summed E-state index contributed by atoms with van der Waals surface area (Å²) in [6.07, 6.45) is 0. The second kappa shape index (κ2) is 10.7. The maximum absolute atomic E-state index is 13.0. The number of aromatic nitrogens is 2. The zero-order valence-electron chi connectivity index (χ0n) is 20.9. The van der Waals surface area contributed by atoms with Crippen molar-refractivity contribution in [3.63, 3.8) is 0 Å². The highest BCUT2D eigenvalue weighted by atomic mass is 16.7. The van der Waals surface area contributed by atoms with E-state index in [1.165, 1.54) is 0 Å². The van der Waals surface area contributed by atoms with Gasteiger partial charge in [-0.2, -0.15) is 0 Å². The molecule has 2 aliphatic heterocycles. The molecule has 5 rings (SSSR count). The number of ether oxygens (including phenoxy) is 3. The summed E-state index contributed by atoms with van der Waals surface area (Å²) in [7, 11) is 1.63. The topological polar surface area (TPSA) is 97.3 Å². The summed E-state index contributed by atoms with van der Waals surface area (Å²) in [4.78, 5) is 31.5. The Bertz CT molecular complexity index is 1270. The van der Waals surface area contributed by atoms with E-state index in [1.807, 2.05) is 43.3 Å². The van der Waals surface area contributed by atoms with Crippen molar-refractivity contribution in [2.24, 2.45) is 0 Å². The minimum atomic E-state index is -0.209. The molecule has 0 atom stereocenters. The van der Waals surface area contributed by atoms with Gasteiger partial charge < -0.3 is 28.9 Å². The Balaban J connectivity index is 1.16. The van der Waals surface area contributed by atoms with Crippen LogP contribution in [0.5, 0.6) is 17.2 Å². The molecule has 1 saturated heterocycles. The standard InChI is InChI=1S/C27H29N5O5/c1-3-30(27(34)20-7-9-23-24(16-20)37-18-36-23)17-26(33)32-13-11-31(12-14-32)25-10-8-22(28-29-25)19-5-4-6-21(15-19)35-2/h4-10,15-16H,3,11-14,17-18H2,1-2H3. The predicted octanol–water partition coefficient (Wildman–Crippen LogP) is 2.69. The summed E-state index contributed by atoms with van der Waals surface area (Å²) < 4.78 is 16.0. The number of rotatable bonds is 7. The molecule has 3 aromatic rings. The number of amides is 2. The summed E-state index contributed by atoms with van der Waals surface area (Å²) in [5.74, 6) is 2.42. The van der Waals surface area contributed by atoms with Crippen LogP contribution in [-0.2, 0) is 4.79 Å². The van der Waals surface area contributed by atoms with E-state index in [1.54, 1.807) is 35.1 Å². The van der Waals surface area contributed by atoms with Gasteiger partial charge in [-0.25, -0.2) is 0 Å². The van der Waals surface area contributed by atoms with Crippen LogP contribution in [0.1, 0.15) is 17.3 Å². The van der Waals surface area contributed by atoms with Crippen molar-refractivity contribution in [1.82, 2.24) is 20.0 Å². The molecule has 2 amide bonds. The van der Waals surface area contributed by atoms with Gasteiger partial charge in [0.2, 0.25) is 12.7 Å². The van der Waals surface area contributed by atoms with E-state index in [0.717, 1.165) is 22.8 Å². The fraction of sp³-hybridized carbons (Fsp3) is 0.333. The molecule has 1 aromatic heterocycles. The molecule has 10 nitrogen and oxygen atoms in total. The molecule has 2 aliphatic rings. The Morgan fingerprint density at radius 2 is 1.78 bits per heavy atom. The van der Waals surface area contributed by atoms with Gasteiger partial charge in [0.15, 0.2) is 17.3 Å². The number of anilines is 1.